The molecule has 0 saturated heterocycles. The maximum absolute atomic E-state index is 4.49. The molecule has 0 bridgehead atoms. The summed E-state index contributed by atoms with van der Waals surface area (Å²) in [6.45, 7) is 2.97. The molecule has 0 radical (unpaired) electrons. The fourth-order valence-corrected chi connectivity index (χ4v) is 2.91. The van der Waals surface area contributed by atoms with Crippen LogP contribution in [0, 0.1) is 6.92 Å². The van der Waals surface area contributed by atoms with E-state index in [4.69, 9.17) is 0 Å². The summed E-state index contributed by atoms with van der Waals surface area (Å²) in [4.78, 5) is 6.60. The van der Waals surface area contributed by atoms with Crippen molar-refractivity contribution in [2.75, 3.05) is 18.5 Å². The van der Waals surface area contributed by atoms with Crippen molar-refractivity contribution in [3.05, 3.63) is 41.3 Å². The lowest BCUT2D eigenvalue weighted by Crippen LogP contribution is -2.24. The highest BCUT2D eigenvalue weighted by atomic mass is 79.9. The highest BCUT2D eigenvalue weighted by molar-refractivity contribution is 9.08. The zero-order valence-corrected chi connectivity index (χ0v) is 13.2. The van der Waals surface area contributed by atoms with Gasteiger partial charge in [-0.3, -0.25) is 9.67 Å². The predicted molar refractivity (Wildman–Crippen MR) is 81.8 cm³/mol. The van der Waals surface area contributed by atoms with Crippen LogP contribution in [0.2, 0.25) is 0 Å². The molecular formula is C14H19BrN4. The fourth-order valence-electron chi connectivity index (χ4n) is 2.26. The number of rotatable bonds is 5. The topological polar surface area (TPSA) is 34.0 Å². The molecular weight excluding hydrogens is 304 g/mol. The van der Waals surface area contributed by atoms with E-state index in [1.165, 1.54) is 11.4 Å². The second-order valence-corrected chi connectivity index (χ2v) is 5.20. The van der Waals surface area contributed by atoms with Gasteiger partial charge in [0, 0.05) is 49.8 Å². The van der Waals surface area contributed by atoms with Gasteiger partial charge in [0.1, 0.15) is 5.82 Å². The fraction of sp³-hybridized carbons (Fsp3) is 0.429. The molecule has 102 valence electrons. The second-order valence-electron chi connectivity index (χ2n) is 4.64. The average Bonchev–Trinajstić information content (AvgIpc) is 2.71. The molecule has 2 rings (SSSR count). The number of aryl methyl sites for hydroxylation is 2. The molecule has 0 amide bonds. The van der Waals surface area contributed by atoms with E-state index in [1.807, 2.05) is 37.0 Å². The van der Waals surface area contributed by atoms with E-state index >= 15 is 0 Å². The van der Waals surface area contributed by atoms with Gasteiger partial charge in [-0.25, -0.2) is 0 Å². The summed E-state index contributed by atoms with van der Waals surface area (Å²) in [5, 5.41) is 5.32. The number of halogens is 1. The smallest absolute Gasteiger partial charge is 0.130 e. The summed E-state index contributed by atoms with van der Waals surface area (Å²) in [6.07, 6.45) is 2.77. The highest BCUT2D eigenvalue weighted by Gasteiger charge is 2.15. The second kappa shape index (κ2) is 6.19. The van der Waals surface area contributed by atoms with Crippen LogP contribution in [0.1, 0.15) is 17.0 Å². The van der Waals surface area contributed by atoms with E-state index < -0.39 is 0 Å². The van der Waals surface area contributed by atoms with Crippen molar-refractivity contribution >= 4 is 21.7 Å². The van der Waals surface area contributed by atoms with Crippen LogP contribution < -0.4 is 4.90 Å². The quantitative estimate of drug-likeness (QED) is 0.794. The van der Waals surface area contributed by atoms with Crippen LogP contribution in [0.15, 0.2) is 24.4 Å². The number of nitrogens with zero attached hydrogens (tertiary/aromatic N) is 4. The third-order valence-electron chi connectivity index (χ3n) is 3.24. The Hall–Kier alpha value is -1.36. The van der Waals surface area contributed by atoms with Crippen molar-refractivity contribution in [3.63, 3.8) is 0 Å². The molecule has 0 unspecified atom stereocenters. The molecule has 0 spiro atoms. The van der Waals surface area contributed by atoms with Crippen LogP contribution in [-0.2, 0) is 18.8 Å². The molecule has 0 atom stereocenters. The molecule has 0 aliphatic rings. The highest BCUT2D eigenvalue weighted by Crippen LogP contribution is 2.24. The summed E-state index contributed by atoms with van der Waals surface area (Å²) in [7, 11) is 4.09. The van der Waals surface area contributed by atoms with Gasteiger partial charge in [0.25, 0.3) is 0 Å². The Kier molecular flexibility index (Phi) is 4.58. The van der Waals surface area contributed by atoms with Gasteiger partial charge in [-0.05, 0) is 19.1 Å². The lowest BCUT2D eigenvalue weighted by atomic mass is 10.2. The molecule has 5 heteroatoms. The van der Waals surface area contributed by atoms with E-state index in [2.05, 4.69) is 44.0 Å². The molecule has 0 N–H and O–H groups in total. The van der Waals surface area contributed by atoms with Crippen LogP contribution in [0.5, 0.6) is 0 Å². The van der Waals surface area contributed by atoms with Gasteiger partial charge >= 0.3 is 0 Å². The van der Waals surface area contributed by atoms with E-state index in [-0.39, 0.29) is 0 Å². The third kappa shape index (κ3) is 3.15. The molecule has 0 aromatic carbocycles. The van der Waals surface area contributed by atoms with Crippen molar-refractivity contribution in [2.45, 2.75) is 18.7 Å². The molecule has 2 aromatic rings. The first-order chi connectivity index (χ1) is 9.13. The van der Waals surface area contributed by atoms with Gasteiger partial charge in [-0.2, -0.15) is 5.10 Å². The summed E-state index contributed by atoms with van der Waals surface area (Å²) in [5.41, 5.74) is 3.46. The minimum Gasteiger partial charge on any atom is -0.359 e. The Balaban J connectivity index is 2.10. The number of aromatic nitrogens is 3. The molecule has 0 saturated carbocycles. The zero-order valence-electron chi connectivity index (χ0n) is 11.6. The standard InChI is InChI=1S/C14H19BrN4/c1-11-13(10-15)14(19(3)17-11)18(2)9-7-12-6-4-5-8-16-12/h4-6,8H,7,9-10H2,1-3H3. The van der Waals surface area contributed by atoms with Gasteiger partial charge in [0.2, 0.25) is 0 Å². The Morgan fingerprint density at radius 3 is 2.79 bits per heavy atom. The number of likely N-dealkylation sites (N-methyl/N-ethyl adjacent to an activating group) is 1. The van der Waals surface area contributed by atoms with Crippen LogP contribution in [0.3, 0.4) is 0 Å². The monoisotopic (exact) mass is 322 g/mol. The minimum atomic E-state index is 0.829. The molecule has 2 aromatic heterocycles. The van der Waals surface area contributed by atoms with E-state index in [0.717, 1.165) is 29.7 Å². The zero-order chi connectivity index (χ0) is 13.8. The van der Waals surface area contributed by atoms with E-state index in [0.29, 0.717) is 0 Å². The van der Waals surface area contributed by atoms with Gasteiger partial charge in [-0.15, -0.1) is 0 Å². The summed E-state index contributed by atoms with van der Waals surface area (Å²) < 4.78 is 1.95. The molecule has 0 aliphatic heterocycles. The largest absolute Gasteiger partial charge is 0.359 e. The summed E-state index contributed by atoms with van der Waals surface area (Å²) in [6, 6.07) is 6.04. The molecule has 19 heavy (non-hydrogen) atoms. The maximum atomic E-state index is 4.49. The third-order valence-corrected chi connectivity index (χ3v) is 3.80. The van der Waals surface area contributed by atoms with Crippen molar-refractivity contribution in [1.82, 2.24) is 14.8 Å². The first-order valence-corrected chi connectivity index (χ1v) is 7.45. The Bertz CT molecular complexity index is 536. The van der Waals surface area contributed by atoms with Crippen molar-refractivity contribution < 1.29 is 0 Å². The SMILES string of the molecule is Cc1nn(C)c(N(C)CCc2ccccn2)c1CBr. The lowest BCUT2D eigenvalue weighted by molar-refractivity contribution is 0.721. The molecule has 2 heterocycles. The van der Waals surface area contributed by atoms with E-state index in [1.54, 1.807) is 0 Å². The number of hydrogen-bond donors (Lipinski definition) is 0. The first-order valence-electron chi connectivity index (χ1n) is 6.33. The summed E-state index contributed by atoms with van der Waals surface area (Å²) in [5.74, 6) is 1.17. The Morgan fingerprint density at radius 2 is 2.16 bits per heavy atom. The van der Waals surface area contributed by atoms with Gasteiger partial charge < -0.3 is 4.90 Å². The summed E-state index contributed by atoms with van der Waals surface area (Å²) >= 11 is 3.54. The average molecular weight is 323 g/mol. The van der Waals surface area contributed by atoms with Crippen molar-refractivity contribution in [2.24, 2.45) is 7.05 Å². The predicted octanol–water partition coefficient (Wildman–Crippen LogP) is 2.70. The van der Waals surface area contributed by atoms with Crippen LogP contribution in [-0.4, -0.2) is 28.4 Å². The van der Waals surface area contributed by atoms with Gasteiger partial charge in [0.05, 0.1) is 5.69 Å². The van der Waals surface area contributed by atoms with Crippen molar-refractivity contribution in [1.29, 1.82) is 0 Å². The minimum absolute atomic E-state index is 0.829. The maximum Gasteiger partial charge on any atom is 0.130 e. The number of hydrogen-bond acceptors (Lipinski definition) is 3. The molecule has 4 nitrogen and oxygen atoms in total. The van der Waals surface area contributed by atoms with Crippen LogP contribution in [0.4, 0.5) is 5.82 Å². The van der Waals surface area contributed by atoms with Crippen molar-refractivity contribution in [3.8, 4) is 0 Å². The lowest BCUT2D eigenvalue weighted by Gasteiger charge is -2.20. The number of pyridine rings is 1. The van der Waals surface area contributed by atoms with Gasteiger partial charge in [-0.1, -0.05) is 22.0 Å². The van der Waals surface area contributed by atoms with Crippen LogP contribution >= 0.6 is 15.9 Å². The first kappa shape index (κ1) is 14.1. The van der Waals surface area contributed by atoms with Gasteiger partial charge in [0.15, 0.2) is 0 Å². The Labute approximate surface area is 122 Å². The normalized spacial score (nSPS) is 10.7. The number of alkyl halides is 1. The Morgan fingerprint density at radius 1 is 1.37 bits per heavy atom. The van der Waals surface area contributed by atoms with Crippen LogP contribution in [0.25, 0.3) is 0 Å². The van der Waals surface area contributed by atoms with E-state index in [9.17, 15) is 0 Å². The molecule has 0 fully saturated rings. The number of anilines is 1. The molecule has 0 aliphatic carbocycles.